The summed E-state index contributed by atoms with van der Waals surface area (Å²) in [6, 6.07) is 44.9. The van der Waals surface area contributed by atoms with Crippen LogP contribution >= 0.6 is 0 Å². The monoisotopic (exact) mass is 508 g/mol. The van der Waals surface area contributed by atoms with Gasteiger partial charge in [-0.1, -0.05) is 115 Å². The van der Waals surface area contributed by atoms with Gasteiger partial charge in [0.2, 0.25) is 0 Å². The minimum absolute atomic E-state index is 0.0522. The van der Waals surface area contributed by atoms with E-state index in [1.165, 1.54) is 0 Å². The number of carbonyl (C=O) groups excluding carboxylic acids is 2. The van der Waals surface area contributed by atoms with Crippen molar-refractivity contribution in [3.05, 3.63) is 173 Å². The van der Waals surface area contributed by atoms with Crippen molar-refractivity contribution in [3.63, 3.8) is 0 Å². The second-order valence-electron chi connectivity index (χ2n) is 9.91. The third-order valence-electron chi connectivity index (χ3n) is 7.98. The molecule has 1 aliphatic carbocycles. The minimum Gasteiger partial charge on any atom is -0.497 e. The van der Waals surface area contributed by atoms with E-state index in [4.69, 9.17) is 4.74 Å². The molecule has 0 unspecified atom stereocenters. The second-order valence-corrected chi connectivity index (χ2v) is 9.91. The molecule has 0 aromatic heterocycles. The number of methoxy groups -OCH3 is 1. The number of Topliss-reactive ketones (excluding diaryl/α,β-unsaturated/α-hetero) is 2. The Kier molecular flexibility index (Phi) is 6.42. The summed E-state index contributed by atoms with van der Waals surface area (Å²) >= 11 is 0. The highest BCUT2D eigenvalue weighted by Gasteiger charge is 2.59. The van der Waals surface area contributed by atoms with Gasteiger partial charge in [-0.25, -0.2) is 0 Å². The highest BCUT2D eigenvalue weighted by molar-refractivity contribution is 6.10. The predicted molar refractivity (Wildman–Crippen MR) is 154 cm³/mol. The van der Waals surface area contributed by atoms with Gasteiger partial charge in [-0.05, 0) is 46.5 Å². The van der Waals surface area contributed by atoms with E-state index in [2.05, 4.69) is 30.3 Å². The van der Waals surface area contributed by atoms with Crippen molar-refractivity contribution in [2.24, 2.45) is 5.92 Å². The summed E-state index contributed by atoms with van der Waals surface area (Å²) in [5, 5.41) is 0. The molecule has 3 nitrogen and oxygen atoms in total. The molecule has 190 valence electrons. The lowest BCUT2D eigenvalue weighted by Crippen LogP contribution is -2.42. The van der Waals surface area contributed by atoms with Crippen LogP contribution in [0, 0.1) is 5.92 Å². The molecule has 5 aromatic rings. The van der Waals surface area contributed by atoms with Crippen LogP contribution < -0.4 is 4.74 Å². The van der Waals surface area contributed by atoms with Crippen LogP contribution in [0.25, 0.3) is 0 Å². The van der Waals surface area contributed by atoms with Gasteiger partial charge in [0.05, 0.1) is 24.4 Å². The molecule has 0 saturated carbocycles. The summed E-state index contributed by atoms with van der Waals surface area (Å²) in [6.45, 7) is 0. The van der Waals surface area contributed by atoms with Gasteiger partial charge in [0.1, 0.15) is 5.75 Å². The smallest absolute Gasteiger partial charge is 0.171 e. The molecule has 6 rings (SSSR count). The Hall–Kier alpha value is -4.76. The average Bonchev–Trinajstić information content (AvgIpc) is 3.33. The van der Waals surface area contributed by atoms with E-state index >= 15 is 0 Å². The van der Waals surface area contributed by atoms with Gasteiger partial charge in [0.15, 0.2) is 11.6 Å². The summed E-state index contributed by atoms with van der Waals surface area (Å²) in [4.78, 5) is 29.3. The van der Waals surface area contributed by atoms with Gasteiger partial charge in [-0.15, -0.1) is 0 Å². The van der Waals surface area contributed by atoms with Crippen LogP contribution in [0.5, 0.6) is 5.75 Å². The van der Waals surface area contributed by atoms with Crippen LogP contribution in [0.3, 0.4) is 0 Å². The molecule has 2 atom stereocenters. The van der Waals surface area contributed by atoms with Crippen molar-refractivity contribution in [3.8, 4) is 5.75 Å². The number of ketones is 2. The molecule has 1 aliphatic rings. The van der Waals surface area contributed by atoms with Crippen LogP contribution in [0.1, 0.15) is 48.9 Å². The maximum Gasteiger partial charge on any atom is 0.171 e. The SMILES string of the molecule is COc1ccc(C(=O)[C@H]2[C@H](C(=O)c3ccccc3)c3ccccc3C2(c2ccccc2)c2ccccc2)cc1. The molecular weight excluding hydrogens is 480 g/mol. The van der Waals surface area contributed by atoms with E-state index < -0.39 is 17.3 Å². The fourth-order valence-corrected chi connectivity index (χ4v) is 6.32. The fraction of sp³-hybridized carbons (Fsp3) is 0.111. The van der Waals surface area contributed by atoms with E-state index in [-0.39, 0.29) is 11.6 Å². The second kappa shape index (κ2) is 10.2. The molecule has 3 heteroatoms. The average molecular weight is 509 g/mol. The maximum absolute atomic E-state index is 14.8. The third-order valence-corrected chi connectivity index (χ3v) is 7.98. The number of hydrogen-bond acceptors (Lipinski definition) is 3. The van der Waals surface area contributed by atoms with E-state index in [0.29, 0.717) is 16.9 Å². The van der Waals surface area contributed by atoms with Crippen LogP contribution in [0.4, 0.5) is 0 Å². The number of ether oxygens (including phenoxy) is 1. The Morgan fingerprint density at radius 2 is 1.05 bits per heavy atom. The van der Waals surface area contributed by atoms with Gasteiger partial charge in [-0.2, -0.15) is 0 Å². The Morgan fingerprint density at radius 1 is 0.564 bits per heavy atom. The highest BCUT2D eigenvalue weighted by atomic mass is 16.5. The van der Waals surface area contributed by atoms with Gasteiger partial charge in [0, 0.05) is 11.1 Å². The lowest BCUT2D eigenvalue weighted by molar-refractivity contribution is 0.0798. The number of carbonyl (C=O) groups is 2. The number of benzene rings is 5. The number of fused-ring (bicyclic) bond motifs is 1. The lowest BCUT2D eigenvalue weighted by atomic mass is 9.61. The fourth-order valence-electron chi connectivity index (χ4n) is 6.32. The molecule has 0 amide bonds. The Morgan fingerprint density at radius 3 is 1.62 bits per heavy atom. The molecule has 0 N–H and O–H groups in total. The van der Waals surface area contributed by atoms with Crippen LogP contribution in [-0.4, -0.2) is 18.7 Å². The minimum atomic E-state index is -0.870. The molecular formula is C36H28O3. The first kappa shape index (κ1) is 24.6. The Balaban J connectivity index is 1.68. The van der Waals surface area contributed by atoms with Crippen molar-refractivity contribution in [1.29, 1.82) is 0 Å². The van der Waals surface area contributed by atoms with E-state index in [0.717, 1.165) is 22.3 Å². The normalized spacial score (nSPS) is 17.3. The zero-order valence-corrected chi connectivity index (χ0v) is 21.7. The molecule has 5 aromatic carbocycles. The van der Waals surface area contributed by atoms with Gasteiger partial charge in [0.25, 0.3) is 0 Å². The molecule has 0 bridgehead atoms. The molecule has 0 radical (unpaired) electrons. The van der Waals surface area contributed by atoms with Crippen molar-refractivity contribution < 1.29 is 14.3 Å². The van der Waals surface area contributed by atoms with E-state index in [9.17, 15) is 9.59 Å². The highest BCUT2D eigenvalue weighted by Crippen LogP contribution is 2.59. The van der Waals surface area contributed by atoms with Crippen molar-refractivity contribution in [2.45, 2.75) is 11.3 Å². The zero-order chi connectivity index (χ0) is 26.8. The summed E-state index contributed by atoms with van der Waals surface area (Å²) in [6.07, 6.45) is 0. The molecule has 0 heterocycles. The molecule has 0 fully saturated rings. The third kappa shape index (κ3) is 3.98. The first-order chi connectivity index (χ1) is 19.2. The number of rotatable bonds is 7. The molecule has 0 spiro atoms. The predicted octanol–water partition coefficient (Wildman–Crippen LogP) is 7.51. The van der Waals surface area contributed by atoms with Gasteiger partial charge >= 0.3 is 0 Å². The summed E-state index contributed by atoms with van der Waals surface area (Å²) < 4.78 is 5.36. The standard InChI is InChI=1S/C36H28O3/c1-39-29-23-21-26(22-24-29)35(38)33-32(34(37)25-13-5-2-6-14-25)30-19-11-12-20-31(30)36(33,27-15-7-3-8-16-27)28-17-9-4-10-18-28/h2-24,32-33H,1H3/t32-,33-/m1/s1. The van der Waals surface area contributed by atoms with Crippen molar-refractivity contribution >= 4 is 11.6 Å². The molecule has 0 aliphatic heterocycles. The van der Waals surface area contributed by atoms with E-state index in [1.807, 2.05) is 84.9 Å². The van der Waals surface area contributed by atoms with Crippen LogP contribution in [0.2, 0.25) is 0 Å². The summed E-state index contributed by atoms with van der Waals surface area (Å²) in [5.41, 5.74) is 4.13. The molecule has 39 heavy (non-hydrogen) atoms. The first-order valence-corrected chi connectivity index (χ1v) is 13.1. The van der Waals surface area contributed by atoms with E-state index in [1.54, 1.807) is 31.4 Å². The maximum atomic E-state index is 14.8. The summed E-state index contributed by atoms with van der Waals surface area (Å²) in [5.74, 6) is -0.825. The Labute approximate surface area is 228 Å². The van der Waals surface area contributed by atoms with Crippen molar-refractivity contribution in [1.82, 2.24) is 0 Å². The van der Waals surface area contributed by atoms with Gasteiger partial charge < -0.3 is 4.74 Å². The zero-order valence-electron chi connectivity index (χ0n) is 21.7. The van der Waals surface area contributed by atoms with Crippen LogP contribution in [0.15, 0.2) is 140 Å². The largest absolute Gasteiger partial charge is 0.497 e. The van der Waals surface area contributed by atoms with Crippen molar-refractivity contribution in [2.75, 3.05) is 7.11 Å². The van der Waals surface area contributed by atoms with Crippen LogP contribution in [-0.2, 0) is 5.41 Å². The lowest BCUT2D eigenvalue weighted by Gasteiger charge is -2.39. The summed E-state index contributed by atoms with van der Waals surface area (Å²) in [7, 11) is 1.61. The topological polar surface area (TPSA) is 43.4 Å². The van der Waals surface area contributed by atoms with Gasteiger partial charge in [-0.3, -0.25) is 9.59 Å². The first-order valence-electron chi connectivity index (χ1n) is 13.1. The quantitative estimate of drug-likeness (QED) is 0.214. The number of hydrogen-bond donors (Lipinski definition) is 0. The molecule has 0 saturated heterocycles. The Bertz CT molecular complexity index is 1570.